The van der Waals surface area contributed by atoms with Crippen LogP contribution in [-0.4, -0.2) is 52.1 Å². The second-order valence-electron chi connectivity index (χ2n) is 6.35. The van der Waals surface area contributed by atoms with Gasteiger partial charge in [0.05, 0.1) is 12.7 Å². The van der Waals surface area contributed by atoms with Gasteiger partial charge in [0.1, 0.15) is 12.7 Å². The molecule has 0 bridgehead atoms. The molecule has 0 radical (unpaired) electrons. The molecule has 1 heterocycles. The molecule has 0 spiro atoms. The minimum absolute atomic E-state index is 0.0304. The summed E-state index contributed by atoms with van der Waals surface area (Å²) < 4.78 is 17.2. The highest BCUT2D eigenvalue weighted by molar-refractivity contribution is 5.76. The largest absolute Gasteiger partial charge is 0.377 e. The quantitative estimate of drug-likeness (QED) is 0.800. The van der Waals surface area contributed by atoms with Crippen LogP contribution in [0, 0.1) is 5.92 Å². The molecule has 1 aliphatic rings. The number of hydrogen-bond donors (Lipinski definition) is 1. The second kappa shape index (κ2) is 12.2. The average molecular weight is 339 g/mol. The Morgan fingerprint density at radius 3 is 2.88 bits per heavy atom. The van der Waals surface area contributed by atoms with Crippen molar-refractivity contribution in [3.63, 3.8) is 0 Å². The van der Waals surface area contributed by atoms with Gasteiger partial charge in [0, 0.05) is 26.7 Å². The van der Waals surface area contributed by atoms with Gasteiger partial charge in [-0.25, -0.2) is 0 Å². The lowest BCUT2D eigenvalue weighted by atomic mass is 9.96. The Balaban J connectivity index is 2.89. The number of amides is 1. The topological polar surface area (TPSA) is 56.8 Å². The molecule has 0 aromatic heterocycles. The van der Waals surface area contributed by atoms with E-state index in [1.807, 2.05) is 0 Å². The van der Waals surface area contributed by atoms with Gasteiger partial charge in [-0.2, -0.15) is 0 Å². The van der Waals surface area contributed by atoms with Crippen molar-refractivity contribution in [1.29, 1.82) is 0 Å². The molecule has 3 unspecified atom stereocenters. The second-order valence-corrected chi connectivity index (χ2v) is 6.35. The Labute approximate surface area is 146 Å². The van der Waals surface area contributed by atoms with Gasteiger partial charge in [0.25, 0.3) is 0 Å². The molecule has 1 rings (SSSR count). The third-order valence-electron chi connectivity index (χ3n) is 4.16. The van der Waals surface area contributed by atoms with Crippen LogP contribution < -0.4 is 5.32 Å². The molecule has 3 atom stereocenters. The lowest BCUT2D eigenvalue weighted by Gasteiger charge is -2.28. The molecule has 0 fully saturated rings. The van der Waals surface area contributed by atoms with E-state index in [-0.39, 0.29) is 30.6 Å². The van der Waals surface area contributed by atoms with Crippen molar-refractivity contribution in [2.45, 2.75) is 51.7 Å². The summed E-state index contributed by atoms with van der Waals surface area (Å²) in [5, 5.41) is 2.59. The number of carbonyl (C=O) groups excluding carboxylic acids is 1. The number of methoxy groups -OCH3 is 1. The fraction of sp³-hybridized carbons (Fsp3) is 0.737. The van der Waals surface area contributed by atoms with E-state index in [4.69, 9.17) is 14.2 Å². The summed E-state index contributed by atoms with van der Waals surface area (Å²) >= 11 is 0. The summed E-state index contributed by atoms with van der Waals surface area (Å²) in [6.07, 6.45) is 10.4. The monoisotopic (exact) mass is 339 g/mol. The van der Waals surface area contributed by atoms with E-state index in [1.165, 1.54) is 5.57 Å². The zero-order chi connectivity index (χ0) is 17.8. The average Bonchev–Trinajstić information content (AvgIpc) is 2.57. The minimum atomic E-state index is -0.221. The first-order valence-electron chi connectivity index (χ1n) is 8.85. The van der Waals surface area contributed by atoms with Gasteiger partial charge in [-0.3, -0.25) is 4.79 Å². The highest BCUT2D eigenvalue weighted by atomic mass is 16.5. The Morgan fingerprint density at radius 2 is 2.17 bits per heavy atom. The van der Waals surface area contributed by atoms with Crippen molar-refractivity contribution in [3.8, 4) is 0 Å². The molecule has 1 amide bonds. The third-order valence-corrected chi connectivity index (χ3v) is 4.16. The van der Waals surface area contributed by atoms with Crippen molar-refractivity contribution in [2.75, 3.05) is 34.0 Å². The zero-order valence-electron chi connectivity index (χ0n) is 15.5. The van der Waals surface area contributed by atoms with E-state index in [1.54, 1.807) is 14.2 Å². The van der Waals surface area contributed by atoms with Gasteiger partial charge < -0.3 is 19.5 Å². The zero-order valence-corrected chi connectivity index (χ0v) is 15.5. The van der Waals surface area contributed by atoms with E-state index >= 15 is 0 Å². The van der Waals surface area contributed by atoms with Crippen LogP contribution in [0.1, 0.15) is 39.5 Å². The van der Waals surface area contributed by atoms with Crippen molar-refractivity contribution in [3.05, 3.63) is 23.8 Å². The van der Waals surface area contributed by atoms with Crippen molar-refractivity contribution >= 4 is 5.91 Å². The maximum Gasteiger partial charge on any atom is 0.245 e. The Morgan fingerprint density at radius 1 is 1.38 bits per heavy atom. The molecule has 24 heavy (non-hydrogen) atoms. The van der Waals surface area contributed by atoms with Crippen LogP contribution in [0.2, 0.25) is 0 Å². The number of allylic oxidation sites excluding steroid dienone is 1. The van der Waals surface area contributed by atoms with E-state index < -0.39 is 0 Å². The van der Waals surface area contributed by atoms with Gasteiger partial charge in [-0.1, -0.05) is 37.1 Å². The summed E-state index contributed by atoms with van der Waals surface area (Å²) in [6.45, 7) is 5.63. The predicted octanol–water partition coefficient (Wildman–Crippen LogP) is 2.86. The summed E-state index contributed by atoms with van der Waals surface area (Å²) in [7, 11) is 3.29. The first kappa shape index (κ1) is 20.9. The summed E-state index contributed by atoms with van der Waals surface area (Å²) in [5.41, 5.74) is 1.17. The number of ether oxygens (including phenoxy) is 3. The Hall–Kier alpha value is -1.17. The van der Waals surface area contributed by atoms with Crippen LogP contribution in [0.15, 0.2) is 23.8 Å². The summed E-state index contributed by atoms with van der Waals surface area (Å²) in [5.74, 6) is -0.0275. The van der Waals surface area contributed by atoms with Crippen LogP contribution >= 0.6 is 0 Å². The summed E-state index contributed by atoms with van der Waals surface area (Å²) in [6, 6.07) is 0. The molecule has 138 valence electrons. The lowest BCUT2D eigenvalue weighted by Crippen LogP contribution is -2.37. The van der Waals surface area contributed by atoms with E-state index in [9.17, 15) is 4.79 Å². The predicted molar refractivity (Wildman–Crippen MR) is 96.0 cm³/mol. The normalized spacial score (nSPS) is 27.2. The molecule has 1 N–H and O–H groups in total. The number of carbonyl (C=O) groups is 1. The van der Waals surface area contributed by atoms with Gasteiger partial charge >= 0.3 is 0 Å². The fourth-order valence-corrected chi connectivity index (χ4v) is 2.81. The molecular weight excluding hydrogens is 306 g/mol. The Bertz CT molecular complexity index is 420. The highest BCUT2D eigenvalue weighted by Crippen LogP contribution is 2.19. The van der Waals surface area contributed by atoms with Crippen molar-refractivity contribution in [2.24, 2.45) is 5.92 Å². The molecule has 0 saturated heterocycles. The summed E-state index contributed by atoms with van der Waals surface area (Å²) in [4.78, 5) is 11.6. The van der Waals surface area contributed by atoms with Crippen LogP contribution in [0.5, 0.6) is 0 Å². The number of likely N-dealkylation sites (N-methyl/N-ethyl adjacent to an activating group) is 1. The van der Waals surface area contributed by atoms with Crippen LogP contribution in [0.25, 0.3) is 0 Å². The van der Waals surface area contributed by atoms with Gasteiger partial charge in [-0.05, 0) is 26.2 Å². The molecule has 0 aromatic carbocycles. The SMILES string of the molecule is CNC(=O)COC1C(C)C=C(C)COCCCCCC=CC1OC. The van der Waals surface area contributed by atoms with E-state index in [0.717, 1.165) is 32.3 Å². The standard InChI is InChI=1S/C19H33NO4/c1-15-12-16(2)19(24-14-18(21)20-3)17(22-4)10-8-6-5-7-9-11-23-13-15/h8,10,12,16-17,19H,5-7,9,11,13-14H2,1-4H3,(H,20,21). The first-order chi connectivity index (χ1) is 11.6. The number of rotatable bonds is 4. The molecular formula is C19H33NO4. The smallest absolute Gasteiger partial charge is 0.245 e. The number of hydrogen-bond acceptors (Lipinski definition) is 4. The van der Waals surface area contributed by atoms with Gasteiger partial charge in [0.15, 0.2) is 0 Å². The molecule has 0 saturated carbocycles. The first-order valence-corrected chi connectivity index (χ1v) is 8.85. The maximum atomic E-state index is 11.6. The number of nitrogens with one attached hydrogen (secondary N) is 1. The van der Waals surface area contributed by atoms with Gasteiger partial charge in [0.2, 0.25) is 5.91 Å². The van der Waals surface area contributed by atoms with E-state index in [2.05, 4.69) is 37.4 Å². The molecule has 1 aliphatic heterocycles. The minimum Gasteiger partial charge on any atom is -0.377 e. The van der Waals surface area contributed by atoms with Crippen molar-refractivity contribution < 1.29 is 19.0 Å². The molecule has 5 heteroatoms. The highest BCUT2D eigenvalue weighted by Gasteiger charge is 2.26. The molecule has 0 aliphatic carbocycles. The molecule has 5 nitrogen and oxygen atoms in total. The maximum absolute atomic E-state index is 11.6. The van der Waals surface area contributed by atoms with E-state index in [0.29, 0.717) is 6.61 Å². The lowest BCUT2D eigenvalue weighted by molar-refractivity contribution is -0.131. The molecule has 0 aromatic rings. The fourth-order valence-electron chi connectivity index (χ4n) is 2.81. The van der Waals surface area contributed by atoms with Gasteiger partial charge in [-0.15, -0.1) is 0 Å². The van der Waals surface area contributed by atoms with Crippen LogP contribution in [0.4, 0.5) is 0 Å². The van der Waals surface area contributed by atoms with Crippen molar-refractivity contribution in [1.82, 2.24) is 5.32 Å². The van der Waals surface area contributed by atoms with Crippen LogP contribution in [-0.2, 0) is 19.0 Å². The third kappa shape index (κ3) is 8.08. The Kier molecular flexibility index (Phi) is 10.6. The van der Waals surface area contributed by atoms with Crippen LogP contribution in [0.3, 0.4) is 0 Å².